The Kier molecular flexibility index (Phi) is 7.40. The van der Waals surface area contributed by atoms with E-state index < -0.39 is 26.0 Å². The Bertz CT molecular complexity index is 604. The van der Waals surface area contributed by atoms with Crippen molar-refractivity contribution in [3.8, 4) is 0 Å². The van der Waals surface area contributed by atoms with Gasteiger partial charge in [0.25, 0.3) is 0 Å². The number of amides is 1. The van der Waals surface area contributed by atoms with Gasteiger partial charge in [-0.25, -0.2) is 8.42 Å². The van der Waals surface area contributed by atoms with Crippen LogP contribution in [0.3, 0.4) is 0 Å². The van der Waals surface area contributed by atoms with Crippen LogP contribution in [-0.4, -0.2) is 32.2 Å². The topological polar surface area (TPSA) is 89.3 Å². The summed E-state index contributed by atoms with van der Waals surface area (Å²) in [5.41, 5.74) is 5.47. The van der Waals surface area contributed by atoms with Gasteiger partial charge in [-0.1, -0.05) is 12.1 Å². The van der Waals surface area contributed by atoms with Crippen LogP contribution in [-0.2, 0) is 21.1 Å². The number of benzene rings is 1. The molecule has 1 aromatic rings. The third-order valence-corrected chi connectivity index (χ3v) is 4.24. The van der Waals surface area contributed by atoms with Crippen molar-refractivity contribution in [3.05, 3.63) is 29.8 Å². The minimum absolute atomic E-state index is 0. The maximum absolute atomic E-state index is 12.4. The molecule has 0 aliphatic heterocycles. The third kappa shape index (κ3) is 5.51. The van der Waals surface area contributed by atoms with Crippen LogP contribution in [0.5, 0.6) is 0 Å². The number of rotatable bonds is 6. The molecule has 0 aliphatic rings. The lowest BCUT2D eigenvalue weighted by Crippen LogP contribution is -2.49. The molecule has 9 heteroatoms. The van der Waals surface area contributed by atoms with Gasteiger partial charge in [-0.2, -0.15) is 8.78 Å². The summed E-state index contributed by atoms with van der Waals surface area (Å²) >= 11 is 0. The fraction of sp³-hybridized carbons (Fsp3) is 0.462. The highest BCUT2D eigenvalue weighted by Gasteiger charge is 2.26. The number of nitrogens with two attached hydrogens (primary N) is 1. The van der Waals surface area contributed by atoms with Crippen molar-refractivity contribution in [2.75, 3.05) is 6.54 Å². The molecule has 0 fully saturated rings. The van der Waals surface area contributed by atoms with Crippen LogP contribution < -0.4 is 11.1 Å². The molecule has 1 amide bonds. The van der Waals surface area contributed by atoms with Crippen molar-refractivity contribution in [1.82, 2.24) is 5.32 Å². The molecule has 22 heavy (non-hydrogen) atoms. The summed E-state index contributed by atoms with van der Waals surface area (Å²) in [7, 11) is -4.61. The second-order valence-electron chi connectivity index (χ2n) is 5.26. The van der Waals surface area contributed by atoms with Gasteiger partial charge in [-0.3, -0.25) is 4.79 Å². The van der Waals surface area contributed by atoms with Gasteiger partial charge in [-0.15, -0.1) is 12.4 Å². The fourth-order valence-electron chi connectivity index (χ4n) is 1.56. The lowest BCUT2D eigenvalue weighted by molar-refractivity contribution is -0.121. The predicted octanol–water partition coefficient (Wildman–Crippen LogP) is 1.50. The number of hydrogen-bond donors (Lipinski definition) is 2. The summed E-state index contributed by atoms with van der Waals surface area (Å²) in [5, 5.41) is 2.72. The molecule has 0 heterocycles. The zero-order valence-corrected chi connectivity index (χ0v) is 13.8. The van der Waals surface area contributed by atoms with E-state index in [0.717, 1.165) is 12.1 Å². The van der Waals surface area contributed by atoms with E-state index in [1.807, 2.05) is 0 Å². The molecule has 0 unspecified atom stereocenters. The second kappa shape index (κ2) is 7.85. The zero-order chi connectivity index (χ0) is 16.3. The number of halogens is 3. The predicted molar refractivity (Wildman–Crippen MR) is 81.9 cm³/mol. The van der Waals surface area contributed by atoms with E-state index in [1.165, 1.54) is 12.1 Å². The smallest absolute Gasteiger partial charge is 0.341 e. The van der Waals surface area contributed by atoms with Crippen LogP contribution in [0, 0.1) is 0 Å². The van der Waals surface area contributed by atoms with Gasteiger partial charge in [0.15, 0.2) is 0 Å². The largest absolute Gasteiger partial charge is 0.350 e. The van der Waals surface area contributed by atoms with Crippen LogP contribution in [0.4, 0.5) is 8.78 Å². The molecular weight excluding hydrogens is 338 g/mol. The van der Waals surface area contributed by atoms with E-state index in [9.17, 15) is 22.0 Å². The van der Waals surface area contributed by atoms with Crippen molar-refractivity contribution in [1.29, 1.82) is 0 Å². The highest BCUT2D eigenvalue weighted by atomic mass is 35.5. The fourth-order valence-corrected chi connectivity index (χ4v) is 2.28. The monoisotopic (exact) mass is 356 g/mol. The van der Waals surface area contributed by atoms with Crippen LogP contribution in [0.25, 0.3) is 0 Å². The summed E-state index contributed by atoms with van der Waals surface area (Å²) in [4.78, 5) is 11.3. The quantitative estimate of drug-likeness (QED) is 0.808. The lowest BCUT2D eigenvalue weighted by atomic mass is 10.1. The van der Waals surface area contributed by atoms with Crippen LogP contribution in [0.15, 0.2) is 29.2 Å². The molecule has 5 nitrogen and oxygen atoms in total. The first-order chi connectivity index (χ1) is 9.58. The van der Waals surface area contributed by atoms with Gasteiger partial charge in [0.05, 0.1) is 11.3 Å². The highest BCUT2D eigenvalue weighted by Crippen LogP contribution is 2.18. The highest BCUT2D eigenvalue weighted by molar-refractivity contribution is 7.91. The molecule has 0 atom stereocenters. The lowest BCUT2D eigenvalue weighted by Gasteiger charge is -2.24. The van der Waals surface area contributed by atoms with Gasteiger partial charge in [0.2, 0.25) is 15.7 Å². The molecular formula is C13H19ClF2N2O3S. The maximum Gasteiger partial charge on any atom is 0.341 e. The number of carbonyl (C=O) groups excluding carboxylic acids is 1. The first-order valence-electron chi connectivity index (χ1n) is 6.20. The third-order valence-electron chi connectivity index (χ3n) is 2.84. The molecule has 0 spiro atoms. The van der Waals surface area contributed by atoms with E-state index in [4.69, 9.17) is 5.73 Å². The Morgan fingerprint density at radius 1 is 1.27 bits per heavy atom. The average molecular weight is 357 g/mol. The molecule has 126 valence electrons. The van der Waals surface area contributed by atoms with Crippen molar-refractivity contribution >= 4 is 28.2 Å². The number of alkyl halides is 2. The molecule has 0 saturated heterocycles. The number of carbonyl (C=O) groups is 1. The van der Waals surface area contributed by atoms with E-state index in [0.29, 0.717) is 5.56 Å². The Hall–Kier alpha value is -1.25. The zero-order valence-electron chi connectivity index (χ0n) is 12.2. The summed E-state index contributed by atoms with van der Waals surface area (Å²) in [6.07, 6.45) is 0.0123. The van der Waals surface area contributed by atoms with Crippen molar-refractivity contribution in [2.45, 2.75) is 36.5 Å². The normalized spacial score (nSPS) is 11.9. The molecule has 1 rings (SSSR count). The Balaban J connectivity index is 0.00000441. The summed E-state index contributed by atoms with van der Waals surface area (Å²) in [6.45, 7) is 3.80. The van der Waals surface area contributed by atoms with Crippen LogP contribution in [0.1, 0.15) is 19.4 Å². The molecule has 0 bridgehead atoms. The number of sulfone groups is 1. The summed E-state index contributed by atoms with van der Waals surface area (Å²) < 4.78 is 47.2. The molecule has 1 aromatic carbocycles. The van der Waals surface area contributed by atoms with E-state index in [-0.39, 0.29) is 31.3 Å². The first-order valence-corrected chi connectivity index (χ1v) is 7.75. The molecule has 0 aromatic heterocycles. The van der Waals surface area contributed by atoms with Crippen LogP contribution >= 0.6 is 12.4 Å². The Labute approximate surface area is 134 Å². The van der Waals surface area contributed by atoms with Gasteiger partial charge >= 0.3 is 5.76 Å². The van der Waals surface area contributed by atoms with Crippen molar-refractivity contribution < 1.29 is 22.0 Å². The minimum Gasteiger partial charge on any atom is -0.350 e. The van der Waals surface area contributed by atoms with Gasteiger partial charge < -0.3 is 11.1 Å². The van der Waals surface area contributed by atoms with Gasteiger partial charge in [-0.05, 0) is 31.5 Å². The number of nitrogens with one attached hydrogen (secondary N) is 1. The maximum atomic E-state index is 12.4. The Morgan fingerprint density at radius 2 is 1.77 bits per heavy atom. The molecule has 0 aliphatic carbocycles. The second-order valence-corrected chi connectivity index (χ2v) is 7.18. The molecule has 3 N–H and O–H groups in total. The van der Waals surface area contributed by atoms with Gasteiger partial charge in [0.1, 0.15) is 0 Å². The summed E-state index contributed by atoms with van der Waals surface area (Å²) in [5.74, 6) is -3.74. The minimum atomic E-state index is -4.61. The van der Waals surface area contributed by atoms with E-state index in [2.05, 4.69) is 5.32 Å². The Morgan fingerprint density at radius 3 is 2.18 bits per heavy atom. The first kappa shape index (κ1) is 20.8. The van der Waals surface area contributed by atoms with Gasteiger partial charge in [0, 0.05) is 12.1 Å². The van der Waals surface area contributed by atoms with E-state index >= 15 is 0 Å². The van der Waals surface area contributed by atoms with Crippen LogP contribution in [0.2, 0.25) is 0 Å². The molecule has 0 radical (unpaired) electrons. The van der Waals surface area contributed by atoms with E-state index in [1.54, 1.807) is 13.8 Å². The summed E-state index contributed by atoms with van der Waals surface area (Å²) in [6, 6.07) is 4.81. The molecule has 0 saturated carbocycles. The SMILES string of the molecule is CC(C)(CN)NC(=O)Cc1ccc(S(=O)(=O)C(F)F)cc1.Cl. The van der Waals surface area contributed by atoms with Crippen molar-refractivity contribution in [2.24, 2.45) is 5.73 Å². The average Bonchev–Trinajstić information content (AvgIpc) is 2.38. The number of hydrogen-bond acceptors (Lipinski definition) is 4. The van der Waals surface area contributed by atoms with Crippen molar-refractivity contribution in [3.63, 3.8) is 0 Å². The standard InChI is InChI=1S/C13H18F2N2O3S.ClH/c1-13(2,8-16)17-11(18)7-9-3-5-10(6-4-9)21(19,20)12(14)15;/h3-6,12H,7-8,16H2,1-2H3,(H,17,18);1H.